The summed E-state index contributed by atoms with van der Waals surface area (Å²) in [5.74, 6) is -2.89. The average Bonchev–Trinajstić information content (AvgIpc) is 3.36. The predicted octanol–water partition coefficient (Wildman–Crippen LogP) is 4.38. The number of fused-ring (bicyclic) bond motifs is 1. The summed E-state index contributed by atoms with van der Waals surface area (Å²) in [6, 6.07) is 12.5. The van der Waals surface area contributed by atoms with Crippen molar-refractivity contribution < 1.29 is 36.3 Å². The van der Waals surface area contributed by atoms with Crippen molar-refractivity contribution in [1.82, 2.24) is 14.6 Å². The smallest absolute Gasteiger partial charge is 0.475 e. The summed E-state index contributed by atoms with van der Waals surface area (Å²) in [6.07, 6.45) is -1.63. The van der Waals surface area contributed by atoms with Crippen molar-refractivity contribution in [2.45, 2.75) is 44.8 Å². The van der Waals surface area contributed by atoms with Crippen LogP contribution in [0.15, 0.2) is 42.6 Å². The molecule has 1 saturated heterocycles. The highest BCUT2D eigenvalue weighted by Crippen LogP contribution is 2.37. The number of benzene rings is 2. The van der Waals surface area contributed by atoms with Gasteiger partial charge in [0.25, 0.3) is 5.91 Å². The van der Waals surface area contributed by atoms with Gasteiger partial charge in [-0.2, -0.15) is 13.2 Å². The van der Waals surface area contributed by atoms with Crippen molar-refractivity contribution in [1.29, 1.82) is 0 Å². The largest absolute Gasteiger partial charge is 0.490 e. The van der Waals surface area contributed by atoms with Gasteiger partial charge >= 0.3 is 12.1 Å². The Morgan fingerprint density at radius 3 is 2.33 bits per heavy atom. The number of nitrogens with zero attached hydrogens (tertiary/aromatic N) is 1. The van der Waals surface area contributed by atoms with Gasteiger partial charge in [0.05, 0.1) is 16.8 Å². The van der Waals surface area contributed by atoms with Crippen LogP contribution in [0.1, 0.15) is 60.1 Å². The molecule has 2 aromatic carbocycles. The first-order valence-corrected chi connectivity index (χ1v) is 14.3. The van der Waals surface area contributed by atoms with Crippen LogP contribution in [0.3, 0.4) is 0 Å². The molecule has 1 aliphatic rings. The van der Waals surface area contributed by atoms with E-state index in [9.17, 15) is 26.4 Å². The molecule has 3 aromatic rings. The first-order valence-electron chi connectivity index (χ1n) is 12.7. The number of nitrogens with one attached hydrogen (secondary N) is 2. The van der Waals surface area contributed by atoms with E-state index in [1.165, 1.54) is 0 Å². The maximum atomic E-state index is 12.3. The summed E-state index contributed by atoms with van der Waals surface area (Å²) in [5, 5.41) is 11.4. The molecule has 4 rings (SSSR count). The van der Waals surface area contributed by atoms with Crippen molar-refractivity contribution in [3.05, 3.63) is 59.3 Å². The average molecular weight is 583 g/mol. The number of carbonyl (C=O) groups is 2. The highest BCUT2D eigenvalue weighted by atomic mass is 32.2. The maximum Gasteiger partial charge on any atom is 0.490 e. The number of aliphatic carboxylic acids is 1. The lowest BCUT2D eigenvalue weighted by atomic mass is 9.88. The summed E-state index contributed by atoms with van der Waals surface area (Å²) in [5.41, 5.74) is 11.2. The summed E-state index contributed by atoms with van der Waals surface area (Å²) < 4.78 is 57.8. The topological polar surface area (TPSA) is 146 Å². The summed E-state index contributed by atoms with van der Waals surface area (Å²) >= 11 is 0. The molecule has 2 heterocycles. The molecule has 5 N–H and O–H groups in total. The molecule has 0 bridgehead atoms. The molecule has 40 heavy (non-hydrogen) atoms. The number of carbonyl (C=O) groups excluding carboxylic acids is 1. The van der Waals surface area contributed by atoms with Crippen LogP contribution in [-0.2, 0) is 14.8 Å². The van der Waals surface area contributed by atoms with Crippen LogP contribution >= 0.6 is 0 Å². The van der Waals surface area contributed by atoms with Crippen LogP contribution in [0.5, 0.6) is 0 Å². The number of carboxylic acids is 1. The van der Waals surface area contributed by atoms with E-state index in [1.807, 2.05) is 31.4 Å². The van der Waals surface area contributed by atoms with Crippen LogP contribution < -0.4 is 11.1 Å². The number of sulfonamides is 1. The van der Waals surface area contributed by atoms with Gasteiger partial charge in [-0.15, -0.1) is 0 Å². The molecule has 1 fully saturated rings. The molecule has 1 aromatic heterocycles. The minimum Gasteiger partial charge on any atom is -0.475 e. The number of nitrogens with two attached hydrogens (primary N) is 1. The minimum absolute atomic E-state index is 0.126. The third kappa shape index (κ3) is 7.01. The third-order valence-corrected chi connectivity index (χ3v) is 9.02. The van der Waals surface area contributed by atoms with E-state index in [-0.39, 0.29) is 17.7 Å². The zero-order valence-electron chi connectivity index (χ0n) is 22.4. The Kier molecular flexibility index (Phi) is 9.64. The molecule has 0 radical (unpaired) electrons. The molecule has 0 aliphatic carbocycles. The lowest BCUT2D eigenvalue weighted by Crippen LogP contribution is -2.38. The molecule has 1 unspecified atom stereocenters. The number of H-pyrrole nitrogens is 1. The van der Waals surface area contributed by atoms with Crippen LogP contribution in [-0.4, -0.2) is 66.8 Å². The fraction of sp³-hybridized carbons (Fsp3) is 0.407. The molecule has 0 saturated carbocycles. The second-order valence-electron chi connectivity index (χ2n) is 9.57. The number of alkyl halides is 3. The number of aromatic amines is 1. The number of amides is 1. The van der Waals surface area contributed by atoms with Crippen LogP contribution in [0.4, 0.5) is 13.2 Å². The third-order valence-electron chi connectivity index (χ3n) is 7.13. The molecular formula is C27H33F3N4O5S. The van der Waals surface area contributed by atoms with Crippen molar-refractivity contribution in [3.8, 4) is 11.1 Å². The molecule has 1 aliphatic heterocycles. The summed E-state index contributed by atoms with van der Waals surface area (Å²) in [6.45, 7) is 4.81. The molecule has 218 valence electrons. The minimum atomic E-state index is -5.08. The Morgan fingerprint density at radius 2 is 1.80 bits per heavy atom. The molecule has 9 nitrogen and oxygen atoms in total. The standard InChI is InChI=1S/C25H32N4O3S.C2HF3O2/c1-4-33(31,32)29-10-8-17(9-11-29)23-15-28-24-21(23)13-20(14-22(24)25(26)30)19-7-5-6-18(12-19)16(2)27-3;3-2(4,5)1(6)7/h5-7,12-17,27-28H,4,8-11H2,1-3H3,(H2,26,30);(H,6,7). The van der Waals surface area contributed by atoms with Crippen LogP contribution in [0, 0.1) is 0 Å². The number of primary amides is 1. The molecule has 1 atom stereocenters. The number of aromatic nitrogens is 1. The second kappa shape index (κ2) is 12.4. The Hall–Kier alpha value is -3.42. The van der Waals surface area contributed by atoms with Gasteiger partial charge in [0.2, 0.25) is 10.0 Å². The molecular weight excluding hydrogens is 549 g/mol. The Balaban J connectivity index is 0.000000559. The molecule has 1 amide bonds. The Morgan fingerprint density at radius 1 is 1.18 bits per heavy atom. The van der Waals surface area contributed by atoms with Gasteiger partial charge in [0.1, 0.15) is 0 Å². The number of carboxylic acid groups (broad SMARTS) is 1. The van der Waals surface area contributed by atoms with Crippen molar-refractivity contribution >= 4 is 32.8 Å². The van der Waals surface area contributed by atoms with Crippen LogP contribution in [0.25, 0.3) is 22.0 Å². The fourth-order valence-electron chi connectivity index (χ4n) is 4.73. The van der Waals surface area contributed by atoms with Crippen LogP contribution in [0.2, 0.25) is 0 Å². The lowest BCUT2D eigenvalue weighted by molar-refractivity contribution is -0.192. The Labute approximate surface area is 230 Å². The van der Waals surface area contributed by atoms with E-state index in [0.717, 1.165) is 46.0 Å². The second-order valence-corrected chi connectivity index (χ2v) is 11.8. The van der Waals surface area contributed by atoms with Gasteiger partial charge in [0, 0.05) is 30.7 Å². The van der Waals surface area contributed by atoms with Gasteiger partial charge in [0.15, 0.2) is 0 Å². The van der Waals surface area contributed by atoms with E-state index < -0.39 is 28.1 Å². The maximum absolute atomic E-state index is 12.3. The van der Waals surface area contributed by atoms with Crippen molar-refractivity contribution in [2.75, 3.05) is 25.9 Å². The first-order chi connectivity index (χ1) is 18.7. The highest BCUT2D eigenvalue weighted by Gasteiger charge is 2.38. The van der Waals surface area contributed by atoms with E-state index >= 15 is 0 Å². The molecule has 0 spiro atoms. The van der Waals surface area contributed by atoms with E-state index in [4.69, 9.17) is 15.6 Å². The van der Waals surface area contributed by atoms with Crippen molar-refractivity contribution in [3.63, 3.8) is 0 Å². The molecule has 13 heteroatoms. The summed E-state index contributed by atoms with van der Waals surface area (Å²) in [7, 11) is -1.24. The van der Waals surface area contributed by atoms with Gasteiger partial charge in [-0.25, -0.2) is 17.5 Å². The number of hydrogen-bond donors (Lipinski definition) is 4. The lowest BCUT2D eigenvalue weighted by Gasteiger charge is -2.31. The zero-order chi connectivity index (χ0) is 29.8. The van der Waals surface area contributed by atoms with Gasteiger partial charge in [-0.05, 0) is 80.1 Å². The van der Waals surface area contributed by atoms with Crippen molar-refractivity contribution in [2.24, 2.45) is 5.73 Å². The SMILES string of the molecule is CCS(=O)(=O)N1CCC(c2c[nH]c3c(C(N)=O)cc(-c4cccc(C(C)NC)c4)cc23)CC1.O=C(O)C(F)(F)F. The van der Waals surface area contributed by atoms with E-state index in [2.05, 4.69) is 35.4 Å². The number of rotatable bonds is 7. The number of halogens is 3. The first kappa shape index (κ1) is 31.1. The number of hydrogen-bond acceptors (Lipinski definition) is 5. The fourth-order valence-corrected chi connectivity index (χ4v) is 5.87. The van der Waals surface area contributed by atoms with E-state index in [1.54, 1.807) is 11.2 Å². The Bertz CT molecular complexity index is 1480. The number of piperidine rings is 1. The van der Waals surface area contributed by atoms with Gasteiger partial charge in [-0.1, -0.05) is 18.2 Å². The monoisotopic (exact) mass is 582 g/mol. The highest BCUT2D eigenvalue weighted by molar-refractivity contribution is 7.89. The normalized spacial score (nSPS) is 15.8. The quantitative estimate of drug-likeness (QED) is 0.325. The predicted molar refractivity (Wildman–Crippen MR) is 146 cm³/mol. The zero-order valence-corrected chi connectivity index (χ0v) is 23.2. The van der Waals surface area contributed by atoms with Gasteiger partial charge in [-0.3, -0.25) is 4.79 Å². The van der Waals surface area contributed by atoms with E-state index in [0.29, 0.717) is 18.7 Å². The summed E-state index contributed by atoms with van der Waals surface area (Å²) in [4.78, 5) is 24.5. The van der Waals surface area contributed by atoms with Gasteiger partial charge < -0.3 is 21.1 Å².